The molecule has 6 nitrogen and oxygen atoms in total. The van der Waals surface area contributed by atoms with Gasteiger partial charge in [0, 0.05) is 18.9 Å². The molecule has 2 rings (SSSR count). The molecule has 0 aliphatic heterocycles. The Labute approximate surface area is 157 Å². The van der Waals surface area contributed by atoms with E-state index in [4.69, 9.17) is 4.74 Å². The summed E-state index contributed by atoms with van der Waals surface area (Å²) in [5.41, 5.74) is 3.40. The summed E-state index contributed by atoms with van der Waals surface area (Å²) in [6.07, 6.45) is 1.69. The third kappa shape index (κ3) is 5.19. The number of anilines is 1. The van der Waals surface area contributed by atoms with Crippen molar-refractivity contribution in [2.45, 2.75) is 50.6 Å². The summed E-state index contributed by atoms with van der Waals surface area (Å²) in [4.78, 5) is 31.4. The fraction of sp³-hybridized carbons (Fsp3) is 0.421. The van der Waals surface area contributed by atoms with Crippen molar-refractivity contribution < 1.29 is 9.53 Å². The van der Waals surface area contributed by atoms with Gasteiger partial charge in [-0.25, -0.2) is 4.98 Å². The minimum atomic E-state index is -0.412. The number of H-pyrrole nitrogens is 1. The van der Waals surface area contributed by atoms with Gasteiger partial charge in [0.25, 0.3) is 5.56 Å². The lowest BCUT2D eigenvalue weighted by Gasteiger charge is -2.17. The van der Waals surface area contributed by atoms with Gasteiger partial charge < -0.3 is 15.0 Å². The summed E-state index contributed by atoms with van der Waals surface area (Å²) in [5, 5.41) is 3.05. The number of nitrogens with zero attached hydrogens (tertiary/aromatic N) is 1. The molecule has 0 radical (unpaired) electrons. The zero-order chi connectivity index (χ0) is 19.1. The first-order valence-electron chi connectivity index (χ1n) is 8.65. The highest BCUT2D eigenvalue weighted by Crippen LogP contribution is 2.25. The van der Waals surface area contributed by atoms with Crippen molar-refractivity contribution >= 4 is 23.4 Å². The number of para-hydroxylation sites is 1. The highest BCUT2D eigenvalue weighted by Gasteiger charge is 2.18. The number of amides is 1. The maximum atomic E-state index is 12.7. The number of nitrogens with one attached hydrogen (secondary N) is 2. The fourth-order valence-corrected chi connectivity index (χ4v) is 3.44. The zero-order valence-corrected chi connectivity index (χ0v) is 16.4. The number of methoxy groups -OCH3 is 1. The number of aryl methyl sites for hydroxylation is 2. The number of benzene rings is 1. The Bertz CT molecular complexity index is 798. The average molecular weight is 375 g/mol. The van der Waals surface area contributed by atoms with Crippen molar-refractivity contribution in [3.05, 3.63) is 51.4 Å². The first kappa shape index (κ1) is 20.2. The van der Waals surface area contributed by atoms with Crippen LogP contribution in [0.2, 0.25) is 0 Å². The van der Waals surface area contributed by atoms with Gasteiger partial charge >= 0.3 is 0 Å². The van der Waals surface area contributed by atoms with E-state index in [9.17, 15) is 9.59 Å². The third-order valence-corrected chi connectivity index (χ3v) is 4.95. The standard InChI is InChI=1S/C19H25N3O3S/c1-5-13-8-7-9-14(6-2)17(13)22-18(24)12(3)26-19-20-15(11-25-4)10-16(23)21-19/h7-10,12H,5-6,11H2,1-4H3,(H,22,24)(H,20,21,23). The van der Waals surface area contributed by atoms with Crippen molar-refractivity contribution in [3.63, 3.8) is 0 Å². The summed E-state index contributed by atoms with van der Waals surface area (Å²) in [6, 6.07) is 7.46. The average Bonchev–Trinajstić information content (AvgIpc) is 2.61. The molecule has 1 aromatic heterocycles. The molecule has 2 aromatic rings. The Morgan fingerprint density at radius 1 is 1.31 bits per heavy atom. The molecule has 0 fully saturated rings. The van der Waals surface area contributed by atoms with E-state index in [1.54, 1.807) is 14.0 Å². The van der Waals surface area contributed by atoms with Crippen molar-refractivity contribution in [1.82, 2.24) is 9.97 Å². The largest absolute Gasteiger partial charge is 0.378 e. The lowest BCUT2D eigenvalue weighted by atomic mass is 10.0. The van der Waals surface area contributed by atoms with Gasteiger partial charge in [-0.2, -0.15) is 0 Å². The number of carbonyl (C=O) groups excluding carboxylic acids is 1. The third-order valence-electron chi connectivity index (χ3n) is 3.97. The van der Waals surface area contributed by atoms with Crippen LogP contribution in [0.15, 0.2) is 34.2 Å². The molecule has 1 atom stereocenters. The number of aromatic nitrogens is 2. The molecule has 1 heterocycles. The summed E-state index contributed by atoms with van der Waals surface area (Å²) in [7, 11) is 1.54. The molecule has 0 bridgehead atoms. The number of carbonyl (C=O) groups is 1. The Morgan fingerprint density at radius 2 is 1.96 bits per heavy atom. The summed E-state index contributed by atoms with van der Waals surface area (Å²) >= 11 is 1.22. The van der Waals surface area contributed by atoms with Crippen LogP contribution in [0, 0.1) is 0 Å². The normalized spacial score (nSPS) is 12.0. The minimum Gasteiger partial charge on any atom is -0.378 e. The van der Waals surface area contributed by atoms with E-state index in [1.165, 1.54) is 17.8 Å². The fourth-order valence-electron chi connectivity index (χ4n) is 2.61. The molecule has 1 unspecified atom stereocenters. The van der Waals surface area contributed by atoms with Gasteiger partial charge in [0.1, 0.15) is 0 Å². The van der Waals surface area contributed by atoms with E-state index < -0.39 is 5.25 Å². The Kier molecular flexibility index (Phi) is 7.41. The summed E-state index contributed by atoms with van der Waals surface area (Å²) in [5.74, 6) is -0.120. The quantitative estimate of drug-likeness (QED) is 0.547. The second kappa shape index (κ2) is 9.54. The number of rotatable bonds is 8. The smallest absolute Gasteiger partial charge is 0.251 e. The molecule has 0 aliphatic rings. The van der Waals surface area contributed by atoms with Crippen molar-refractivity contribution in [2.24, 2.45) is 0 Å². The predicted molar refractivity (Wildman–Crippen MR) is 105 cm³/mol. The Balaban J connectivity index is 2.15. The highest BCUT2D eigenvalue weighted by atomic mass is 32.2. The van der Waals surface area contributed by atoms with E-state index in [-0.39, 0.29) is 18.1 Å². The van der Waals surface area contributed by atoms with Crippen LogP contribution < -0.4 is 10.9 Å². The van der Waals surface area contributed by atoms with Crippen molar-refractivity contribution in [1.29, 1.82) is 0 Å². The van der Waals surface area contributed by atoms with Crippen LogP contribution in [0.5, 0.6) is 0 Å². The van der Waals surface area contributed by atoms with Gasteiger partial charge in [-0.1, -0.05) is 43.8 Å². The molecule has 1 aromatic carbocycles. The van der Waals surface area contributed by atoms with Gasteiger partial charge in [0.05, 0.1) is 17.6 Å². The second-order valence-electron chi connectivity index (χ2n) is 5.88. The maximum absolute atomic E-state index is 12.7. The van der Waals surface area contributed by atoms with Crippen LogP contribution >= 0.6 is 11.8 Å². The zero-order valence-electron chi connectivity index (χ0n) is 15.6. The monoisotopic (exact) mass is 375 g/mol. The Hall–Kier alpha value is -2.12. The van der Waals surface area contributed by atoms with Gasteiger partial charge in [-0.3, -0.25) is 9.59 Å². The minimum absolute atomic E-state index is 0.120. The van der Waals surface area contributed by atoms with Gasteiger partial charge in [0.15, 0.2) is 5.16 Å². The molecule has 1 amide bonds. The predicted octanol–water partition coefficient (Wildman–Crippen LogP) is 3.16. The van der Waals surface area contributed by atoms with E-state index >= 15 is 0 Å². The van der Waals surface area contributed by atoms with Gasteiger partial charge in [0.2, 0.25) is 5.91 Å². The molecular weight excluding hydrogens is 350 g/mol. The molecule has 26 heavy (non-hydrogen) atoms. The summed E-state index contributed by atoms with van der Waals surface area (Å²) in [6.45, 7) is 6.18. The van der Waals surface area contributed by atoms with Gasteiger partial charge in [-0.05, 0) is 30.9 Å². The molecule has 0 spiro atoms. The molecule has 0 saturated carbocycles. The van der Waals surface area contributed by atoms with E-state index in [0.717, 1.165) is 29.7 Å². The topological polar surface area (TPSA) is 84.1 Å². The van der Waals surface area contributed by atoms with Crippen LogP contribution in [0.4, 0.5) is 5.69 Å². The Morgan fingerprint density at radius 3 is 2.54 bits per heavy atom. The molecule has 140 valence electrons. The number of aromatic amines is 1. The van der Waals surface area contributed by atoms with Crippen LogP contribution in [-0.2, 0) is 29.0 Å². The SMILES string of the molecule is CCc1cccc(CC)c1NC(=O)C(C)Sc1nc(COC)cc(=O)[nH]1. The van der Waals surface area contributed by atoms with Crippen molar-refractivity contribution in [2.75, 3.05) is 12.4 Å². The van der Waals surface area contributed by atoms with E-state index in [0.29, 0.717) is 10.9 Å². The van der Waals surface area contributed by atoms with Crippen molar-refractivity contribution in [3.8, 4) is 0 Å². The highest BCUT2D eigenvalue weighted by molar-refractivity contribution is 8.00. The maximum Gasteiger partial charge on any atom is 0.251 e. The molecule has 2 N–H and O–H groups in total. The van der Waals surface area contributed by atoms with E-state index in [1.807, 2.05) is 18.2 Å². The lowest BCUT2D eigenvalue weighted by Crippen LogP contribution is -2.24. The van der Waals surface area contributed by atoms with Crippen LogP contribution in [0.25, 0.3) is 0 Å². The van der Waals surface area contributed by atoms with E-state index in [2.05, 4.69) is 29.1 Å². The molecule has 0 saturated heterocycles. The van der Waals surface area contributed by atoms with Crippen LogP contribution in [0.1, 0.15) is 37.6 Å². The first-order valence-corrected chi connectivity index (χ1v) is 9.53. The first-order chi connectivity index (χ1) is 12.5. The van der Waals surface area contributed by atoms with Crippen LogP contribution in [-0.4, -0.2) is 28.2 Å². The summed E-state index contributed by atoms with van der Waals surface area (Å²) < 4.78 is 5.02. The number of hydrogen-bond acceptors (Lipinski definition) is 5. The number of thioether (sulfide) groups is 1. The molecular formula is C19H25N3O3S. The molecule has 7 heteroatoms. The number of hydrogen-bond donors (Lipinski definition) is 2. The lowest BCUT2D eigenvalue weighted by molar-refractivity contribution is -0.115. The number of ether oxygens (including phenoxy) is 1. The van der Waals surface area contributed by atoms with Crippen LogP contribution in [0.3, 0.4) is 0 Å². The molecule has 0 aliphatic carbocycles. The second-order valence-corrected chi connectivity index (χ2v) is 7.21. The van der Waals surface area contributed by atoms with Gasteiger partial charge in [-0.15, -0.1) is 0 Å².